The molecule has 1 aromatic rings. The lowest BCUT2D eigenvalue weighted by Gasteiger charge is -2.13. The van der Waals surface area contributed by atoms with Crippen LogP contribution in [0.2, 0.25) is 0 Å². The summed E-state index contributed by atoms with van der Waals surface area (Å²) in [5, 5.41) is 17.8. The lowest BCUT2D eigenvalue weighted by Crippen LogP contribution is -2.13. The van der Waals surface area contributed by atoms with Gasteiger partial charge in [0.25, 0.3) is 0 Å². The second-order valence-electron chi connectivity index (χ2n) is 3.21. The third-order valence-electron chi connectivity index (χ3n) is 2.14. The van der Waals surface area contributed by atoms with Crippen LogP contribution in [0.5, 0.6) is 5.75 Å². The highest BCUT2D eigenvalue weighted by atomic mass is 19.3. The van der Waals surface area contributed by atoms with E-state index in [0.717, 1.165) is 19.1 Å². The molecule has 7 heteroatoms. The molecule has 17 heavy (non-hydrogen) atoms. The van der Waals surface area contributed by atoms with Crippen molar-refractivity contribution in [3.8, 4) is 5.75 Å². The Morgan fingerprint density at radius 1 is 1.41 bits per heavy atom. The smallest absolute Gasteiger partial charge is 0.387 e. The number of carboxylic acids is 1. The standard InChI is InChI=1S/C10H9F3O4/c1-4-5(8(14)9(15)16)2-3-6(7(4)11)17-10(12)13/h2-3,8,10,14H,1H3,(H,15,16). The average Bonchev–Trinajstić information content (AvgIpc) is 2.23. The van der Waals surface area contributed by atoms with Crippen molar-refractivity contribution in [2.75, 3.05) is 0 Å². The lowest BCUT2D eigenvalue weighted by atomic mass is 10.0. The van der Waals surface area contributed by atoms with Crippen molar-refractivity contribution >= 4 is 5.97 Å². The molecule has 0 saturated heterocycles. The fraction of sp³-hybridized carbons (Fsp3) is 0.300. The molecule has 0 fully saturated rings. The van der Waals surface area contributed by atoms with Crippen molar-refractivity contribution in [3.63, 3.8) is 0 Å². The summed E-state index contributed by atoms with van der Waals surface area (Å²) in [4.78, 5) is 10.5. The van der Waals surface area contributed by atoms with E-state index in [4.69, 9.17) is 5.11 Å². The van der Waals surface area contributed by atoms with Crippen molar-refractivity contribution in [2.24, 2.45) is 0 Å². The second-order valence-corrected chi connectivity index (χ2v) is 3.21. The van der Waals surface area contributed by atoms with Gasteiger partial charge in [0.2, 0.25) is 0 Å². The first-order valence-corrected chi connectivity index (χ1v) is 4.49. The number of hydrogen-bond donors (Lipinski definition) is 2. The van der Waals surface area contributed by atoms with Crippen molar-refractivity contribution < 1.29 is 32.9 Å². The molecule has 0 aliphatic carbocycles. The number of alkyl halides is 2. The average molecular weight is 250 g/mol. The molecular formula is C10H9F3O4. The fourth-order valence-electron chi connectivity index (χ4n) is 1.29. The van der Waals surface area contributed by atoms with E-state index in [-0.39, 0.29) is 11.1 Å². The quantitative estimate of drug-likeness (QED) is 0.855. The van der Waals surface area contributed by atoms with Crippen LogP contribution in [0.4, 0.5) is 13.2 Å². The molecule has 1 unspecified atom stereocenters. The van der Waals surface area contributed by atoms with Gasteiger partial charge < -0.3 is 14.9 Å². The van der Waals surface area contributed by atoms with Crippen LogP contribution in [0.3, 0.4) is 0 Å². The van der Waals surface area contributed by atoms with Crippen LogP contribution in [0.1, 0.15) is 17.2 Å². The van der Waals surface area contributed by atoms with Gasteiger partial charge in [-0.25, -0.2) is 9.18 Å². The summed E-state index contributed by atoms with van der Waals surface area (Å²) in [5.74, 6) is -3.38. The number of hydrogen-bond acceptors (Lipinski definition) is 3. The predicted molar refractivity (Wildman–Crippen MR) is 50.4 cm³/mol. The normalized spacial score (nSPS) is 12.6. The highest BCUT2D eigenvalue weighted by Gasteiger charge is 2.22. The van der Waals surface area contributed by atoms with Gasteiger partial charge in [-0.3, -0.25) is 0 Å². The molecule has 1 rings (SSSR count). The highest BCUT2D eigenvalue weighted by Crippen LogP contribution is 2.28. The first-order valence-electron chi connectivity index (χ1n) is 4.49. The van der Waals surface area contributed by atoms with E-state index in [1.54, 1.807) is 0 Å². The lowest BCUT2D eigenvalue weighted by molar-refractivity contribution is -0.147. The first-order chi connectivity index (χ1) is 7.84. The van der Waals surface area contributed by atoms with Crippen LogP contribution >= 0.6 is 0 Å². The third kappa shape index (κ3) is 2.88. The Balaban J connectivity index is 3.14. The Kier molecular flexibility index (Phi) is 3.95. The monoisotopic (exact) mass is 250 g/mol. The molecule has 0 bridgehead atoms. The first kappa shape index (κ1) is 13.3. The van der Waals surface area contributed by atoms with Crippen LogP contribution < -0.4 is 4.74 Å². The third-order valence-corrected chi connectivity index (χ3v) is 2.14. The van der Waals surface area contributed by atoms with E-state index in [0.29, 0.717) is 0 Å². The molecule has 2 N–H and O–H groups in total. The van der Waals surface area contributed by atoms with E-state index < -0.39 is 30.3 Å². The van der Waals surface area contributed by atoms with Crippen LogP contribution in [0.25, 0.3) is 0 Å². The molecule has 0 radical (unpaired) electrons. The van der Waals surface area contributed by atoms with E-state index in [9.17, 15) is 23.1 Å². The van der Waals surface area contributed by atoms with Gasteiger partial charge in [0.1, 0.15) is 0 Å². The number of ether oxygens (including phenoxy) is 1. The van der Waals surface area contributed by atoms with Gasteiger partial charge >= 0.3 is 12.6 Å². The zero-order valence-electron chi connectivity index (χ0n) is 8.65. The molecular weight excluding hydrogens is 241 g/mol. The molecule has 0 aliphatic rings. The van der Waals surface area contributed by atoms with Gasteiger partial charge in [-0.1, -0.05) is 6.07 Å². The van der Waals surface area contributed by atoms with Gasteiger partial charge in [0, 0.05) is 0 Å². The Hall–Kier alpha value is -1.76. The Morgan fingerprint density at radius 3 is 2.47 bits per heavy atom. The molecule has 94 valence electrons. The number of carboxylic acid groups (broad SMARTS) is 1. The van der Waals surface area contributed by atoms with Gasteiger partial charge in [0.05, 0.1) is 0 Å². The number of aliphatic hydroxyl groups is 1. The highest BCUT2D eigenvalue weighted by molar-refractivity contribution is 5.74. The summed E-state index contributed by atoms with van der Waals surface area (Å²) < 4.78 is 41.1. The second kappa shape index (κ2) is 5.05. The maximum Gasteiger partial charge on any atom is 0.387 e. The van der Waals surface area contributed by atoms with Gasteiger partial charge in [-0.15, -0.1) is 0 Å². The molecule has 0 spiro atoms. The summed E-state index contributed by atoms with van der Waals surface area (Å²) in [6, 6.07) is 1.87. The SMILES string of the molecule is Cc1c(C(O)C(=O)O)ccc(OC(F)F)c1F. The molecule has 1 aromatic carbocycles. The van der Waals surface area contributed by atoms with Gasteiger partial charge in [-0.05, 0) is 24.1 Å². The summed E-state index contributed by atoms with van der Waals surface area (Å²) in [5.41, 5.74) is -0.463. The van der Waals surface area contributed by atoms with E-state index in [2.05, 4.69) is 4.74 Å². The minimum atomic E-state index is -3.18. The van der Waals surface area contributed by atoms with Crippen LogP contribution in [-0.4, -0.2) is 22.8 Å². The van der Waals surface area contributed by atoms with Crippen molar-refractivity contribution in [2.45, 2.75) is 19.6 Å². The summed E-state index contributed by atoms with van der Waals surface area (Å²) in [6.45, 7) is -2.02. The Bertz CT molecular complexity index is 434. The van der Waals surface area contributed by atoms with Crippen LogP contribution in [-0.2, 0) is 4.79 Å². The summed E-state index contributed by atoms with van der Waals surface area (Å²) in [7, 11) is 0. The van der Waals surface area contributed by atoms with E-state index in [1.807, 2.05) is 0 Å². The molecule has 0 saturated carbocycles. The molecule has 0 aromatic heterocycles. The summed E-state index contributed by atoms with van der Waals surface area (Å²) >= 11 is 0. The van der Waals surface area contributed by atoms with Gasteiger partial charge in [-0.2, -0.15) is 8.78 Å². The maximum absolute atomic E-state index is 13.5. The minimum absolute atomic E-state index is 0.211. The van der Waals surface area contributed by atoms with Crippen molar-refractivity contribution in [1.82, 2.24) is 0 Å². The molecule has 0 aliphatic heterocycles. The number of rotatable bonds is 4. The van der Waals surface area contributed by atoms with Crippen molar-refractivity contribution in [1.29, 1.82) is 0 Å². The number of aliphatic hydroxyl groups excluding tert-OH is 1. The largest absolute Gasteiger partial charge is 0.479 e. The van der Waals surface area contributed by atoms with E-state index >= 15 is 0 Å². The molecule has 0 amide bonds. The maximum atomic E-state index is 13.5. The molecule has 1 atom stereocenters. The van der Waals surface area contributed by atoms with Crippen LogP contribution in [0, 0.1) is 12.7 Å². The number of benzene rings is 1. The zero-order chi connectivity index (χ0) is 13.2. The molecule has 4 nitrogen and oxygen atoms in total. The topological polar surface area (TPSA) is 66.8 Å². The van der Waals surface area contributed by atoms with Crippen molar-refractivity contribution in [3.05, 3.63) is 29.1 Å². The Labute approximate surface area is 94.3 Å². The number of halogens is 3. The number of aliphatic carboxylic acids is 1. The van der Waals surface area contributed by atoms with Crippen LogP contribution in [0.15, 0.2) is 12.1 Å². The summed E-state index contributed by atoms with van der Waals surface area (Å²) in [6.07, 6.45) is -1.91. The van der Waals surface area contributed by atoms with E-state index in [1.165, 1.54) is 0 Å². The zero-order valence-corrected chi connectivity index (χ0v) is 8.65. The fourth-order valence-corrected chi connectivity index (χ4v) is 1.29. The number of carbonyl (C=O) groups is 1. The molecule has 0 heterocycles. The predicted octanol–water partition coefficient (Wildman–Crippen LogP) is 1.85. The Morgan fingerprint density at radius 2 is 2.00 bits per heavy atom. The minimum Gasteiger partial charge on any atom is -0.479 e. The van der Waals surface area contributed by atoms with Gasteiger partial charge in [0.15, 0.2) is 17.7 Å².